The Hall–Kier alpha value is -3.98. The van der Waals surface area contributed by atoms with E-state index in [2.05, 4.69) is 16.0 Å². The van der Waals surface area contributed by atoms with E-state index >= 15 is 0 Å². The van der Waals surface area contributed by atoms with Gasteiger partial charge in [0.05, 0.1) is 12.8 Å². The van der Waals surface area contributed by atoms with Crippen molar-refractivity contribution in [3.8, 4) is 40.0 Å². The standard InChI is InChI=1S/C21H16N4O2/c1-27-20-7-6-12(26)8-15(20)14-9-19(25-21(23)16(14)10-22)17-11-24-18-5-3-2-4-13(17)18/h2-9,11,24,26H,1H3,(H2,23,25). The van der Waals surface area contributed by atoms with Crippen molar-refractivity contribution in [1.82, 2.24) is 9.97 Å². The molecule has 0 aliphatic rings. The molecule has 6 heteroatoms. The summed E-state index contributed by atoms with van der Waals surface area (Å²) in [5.74, 6) is 0.721. The number of hydrogen-bond donors (Lipinski definition) is 3. The van der Waals surface area contributed by atoms with Crippen LogP contribution >= 0.6 is 0 Å². The van der Waals surface area contributed by atoms with E-state index in [1.807, 2.05) is 30.5 Å². The van der Waals surface area contributed by atoms with Crippen molar-refractivity contribution in [2.45, 2.75) is 0 Å². The molecule has 4 rings (SSSR count). The minimum absolute atomic E-state index is 0.0683. The first-order valence-electron chi connectivity index (χ1n) is 8.27. The minimum Gasteiger partial charge on any atom is -0.508 e. The fourth-order valence-corrected chi connectivity index (χ4v) is 3.22. The van der Waals surface area contributed by atoms with E-state index in [-0.39, 0.29) is 17.1 Å². The lowest BCUT2D eigenvalue weighted by molar-refractivity contribution is 0.414. The van der Waals surface area contributed by atoms with Gasteiger partial charge in [-0.2, -0.15) is 5.26 Å². The third-order valence-corrected chi connectivity index (χ3v) is 4.50. The fourth-order valence-electron chi connectivity index (χ4n) is 3.22. The molecule has 2 aromatic heterocycles. The summed E-state index contributed by atoms with van der Waals surface area (Å²) in [5, 5.41) is 20.5. The Balaban J connectivity index is 2.01. The predicted molar refractivity (Wildman–Crippen MR) is 104 cm³/mol. The highest BCUT2D eigenvalue weighted by molar-refractivity contribution is 5.96. The number of ether oxygens (including phenoxy) is 1. The first kappa shape index (κ1) is 16.5. The van der Waals surface area contributed by atoms with Crippen molar-refractivity contribution in [2.24, 2.45) is 0 Å². The van der Waals surface area contributed by atoms with Crippen LogP contribution in [0.15, 0.2) is 54.7 Å². The molecule has 4 N–H and O–H groups in total. The topological polar surface area (TPSA) is 108 Å². The molecule has 0 saturated carbocycles. The van der Waals surface area contributed by atoms with Gasteiger partial charge in [0.25, 0.3) is 0 Å². The number of anilines is 1. The van der Waals surface area contributed by atoms with Crippen LogP contribution in [0.25, 0.3) is 33.3 Å². The summed E-state index contributed by atoms with van der Waals surface area (Å²) in [6, 6.07) is 16.5. The molecule has 0 aliphatic carbocycles. The van der Waals surface area contributed by atoms with Crippen LogP contribution < -0.4 is 10.5 Å². The number of hydrogen-bond acceptors (Lipinski definition) is 5. The van der Waals surface area contributed by atoms with E-state index in [0.29, 0.717) is 22.6 Å². The molecule has 0 bridgehead atoms. The van der Waals surface area contributed by atoms with Crippen LogP contribution in [0.5, 0.6) is 11.5 Å². The molecule has 2 aromatic carbocycles. The Morgan fingerprint density at radius 3 is 2.70 bits per heavy atom. The third-order valence-electron chi connectivity index (χ3n) is 4.50. The van der Waals surface area contributed by atoms with Gasteiger partial charge in [-0.3, -0.25) is 0 Å². The van der Waals surface area contributed by atoms with Gasteiger partial charge in [0.1, 0.15) is 28.9 Å². The number of aromatic nitrogens is 2. The number of pyridine rings is 1. The average Bonchev–Trinajstić information content (AvgIpc) is 3.11. The molecule has 0 amide bonds. The van der Waals surface area contributed by atoms with Gasteiger partial charge >= 0.3 is 0 Å². The van der Waals surface area contributed by atoms with Crippen LogP contribution in [0.4, 0.5) is 5.82 Å². The van der Waals surface area contributed by atoms with Gasteiger partial charge in [-0.25, -0.2) is 4.98 Å². The highest BCUT2D eigenvalue weighted by Crippen LogP contribution is 2.39. The van der Waals surface area contributed by atoms with Crippen LogP contribution in [-0.4, -0.2) is 22.2 Å². The summed E-state index contributed by atoms with van der Waals surface area (Å²) < 4.78 is 5.41. The lowest BCUT2D eigenvalue weighted by Crippen LogP contribution is -2.00. The number of aromatic amines is 1. The van der Waals surface area contributed by atoms with Crippen LogP contribution in [0.3, 0.4) is 0 Å². The molecule has 0 unspecified atom stereocenters. The fraction of sp³-hybridized carbons (Fsp3) is 0.0476. The summed E-state index contributed by atoms with van der Waals surface area (Å²) in [4.78, 5) is 7.65. The second-order valence-corrected chi connectivity index (χ2v) is 6.06. The lowest BCUT2D eigenvalue weighted by Gasteiger charge is -2.13. The second-order valence-electron chi connectivity index (χ2n) is 6.06. The predicted octanol–water partition coefficient (Wildman–Crippen LogP) is 4.06. The molecule has 132 valence electrons. The highest BCUT2D eigenvalue weighted by atomic mass is 16.5. The van der Waals surface area contributed by atoms with E-state index in [1.165, 1.54) is 13.2 Å². The average molecular weight is 356 g/mol. The minimum atomic E-state index is 0.0683. The Kier molecular flexibility index (Phi) is 3.90. The van der Waals surface area contributed by atoms with Crippen molar-refractivity contribution < 1.29 is 9.84 Å². The number of phenols is 1. The number of nitrogens with two attached hydrogens (primary N) is 1. The number of methoxy groups -OCH3 is 1. The monoisotopic (exact) mass is 356 g/mol. The lowest BCUT2D eigenvalue weighted by atomic mass is 9.97. The van der Waals surface area contributed by atoms with Gasteiger partial charge in [-0.1, -0.05) is 18.2 Å². The zero-order valence-corrected chi connectivity index (χ0v) is 14.5. The van der Waals surface area contributed by atoms with Crippen LogP contribution in [0.1, 0.15) is 5.56 Å². The van der Waals surface area contributed by atoms with E-state index in [1.54, 1.807) is 18.2 Å². The van der Waals surface area contributed by atoms with Gasteiger partial charge in [0, 0.05) is 33.8 Å². The molecule has 4 aromatic rings. The number of nitrogen functional groups attached to an aromatic ring is 1. The number of H-pyrrole nitrogens is 1. The first-order valence-corrected chi connectivity index (χ1v) is 8.27. The van der Waals surface area contributed by atoms with Crippen molar-refractivity contribution in [3.05, 3.63) is 60.3 Å². The summed E-state index contributed by atoms with van der Waals surface area (Å²) >= 11 is 0. The van der Waals surface area contributed by atoms with E-state index in [9.17, 15) is 10.4 Å². The zero-order valence-electron chi connectivity index (χ0n) is 14.5. The SMILES string of the molecule is COc1ccc(O)cc1-c1cc(-c2c[nH]c3ccccc23)nc(N)c1C#N. The molecule has 27 heavy (non-hydrogen) atoms. The molecule has 0 atom stereocenters. The molecule has 0 fully saturated rings. The van der Waals surface area contributed by atoms with E-state index < -0.39 is 0 Å². The quantitative estimate of drug-likeness (QED) is 0.513. The number of nitrogens with one attached hydrogen (secondary N) is 1. The summed E-state index contributed by atoms with van der Waals surface area (Å²) in [6.45, 7) is 0. The zero-order chi connectivity index (χ0) is 19.0. The largest absolute Gasteiger partial charge is 0.508 e. The molecular formula is C21H16N4O2. The van der Waals surface area contributed by atoms with Crippen LogP contribution in [-0.2, 0) is 0 Å². The molecule has 6 nitrogen and oxygen atoms in total. The summed E-state index contributed by atoms with van der Waals surface area (Å²) in [7, 11) is 1.53. The Morgan fingerprint density at radius 2 is 1.93 bits per heavy atom. The third kappa shape index (κ3) is 2.71. The number of benzene rings is 2. The Bertz CT molecular complexity index is 1200. The van der Waals surface area contributed by atoms with Gasteiger partial charge in [0.15, 0.2) is 0 Å². The van der Waals surface area contributed by atoms with E-state index in [0.717, 1.165) is 16.5 Å². The van der Waals surface area contributed by atoms with Gasteiger partial charge in [0.2, 0.25) is 0 Å². The normalized spacial score (nSPS) is 10.7. The van der Waals surface area contributed by atoms with Crippen molar-refractivity contribution >= 4 is 16.7 Å². The summed E-state index contributed by atoms with van der Waals surface area (Å²) in [5.41, 5.74) is 9.95. The van der Waals surface area contributed by atoms with Crippen molar-refractivity contribution in [2.75, 3.05) is 12.8 Å². The van der Waals surface area contributed by atoms with Gasteiger partial charge in [-0.15, -0.1) is 0 Å². The summed E-state index contributed by atoms with van der Waals surface area (Å²) in [6.07, 6.45) is 1.86. The van der Waals surface area contributed by atoms with Crippen molar-refractivity contribution in [3.63, 3.8) is 0 Å². The smallest absolute Gasteiger partial charge is 0.142 e. The number of fused-ring (bicyclic) bond motifs is 1. The van der Waals surface area contributed by atoms with E-state index in [4.69, 9.17) is 10.5 Å². The second kappa shape index (κ2) is 6.39. The highest BCUT2D eigenvalue weighted by Gasteiger charge is 2.18. The number of para-hydroxylation sites is 1. The number of nitriles is 1. The first-order chi connectivity index (χ1) is 13.1. The maximum atomic E-state index is 9.93. The van der Waals surface area contributed by atoms with Crippen molar-refractivity contribution in [1.29, 1.82) is 5.26 Å². The molecule has 0 aliphatic heterocycles. The molecule has 0 saturated heterocycles. The van der Waals surface area contributed by atoms with Crippen LogP contribution in [0, 0.1) is 11.3 Å². The maximum absolute atomic E-state index is 9.93. The van der Waals surface area contributed by atoms with Gasteiger partial charge in [-0.05, 0) is 30.3 Å². The number of aromatic hydroxyl groups is 1. The Labute approximate surface area is 155 Å². The maximum Gasteiger partial charge on any atom is 0.142 e. The molecule has 0 spiro atoms. The molecule has 2 heterocycles. The number of nitrogens with zero attached hydrogens (tertiary/aromatic N) is 2. The molecular weight excluding hydrogens is 340 g/mol. The Morgan fingerprint density at radius 1 is 1.11 bits per heavy atom. The number of phenolic OH excluding ortho intramolecular Hbond substituents is 1. The van der Waals surface area contributed by atoms with Crippen LogP contribution in [0.2, 0.25) is 0 Å². The molecule has 0 radical (unpaired) electrons. The number of rotatable bonds is 3. The van der Waals surface area contributed by atoms with Gasteiger partial charge < -0.3 is 20.6 Å².